The molecule has 1 aromatic rings. The molecule has 8 heteroatoms. The number of hydrogen-bond donors (Lipinski definition) is 0. The molecule has 0 aromatic carbocycles. The molecule has 1 aromatic heterocycles. The minimum Gasteiger partial charge on any atom is -0.340 e. The Bertz CT molecular complexity index is 627. The molecule has 1 saturated heterocycles. The van der Waals surface area contributed by atoms with E-state index in [1.165, 1.54) is 6.92 Å². The molecule has 22 heavy (non-hydrogen) atoms. The zero-order valence-electron chi connectivity index (χ0n) is 13.3. The number of carbonyl (C=O) groups excluding carboxylic acids is 1. The number of carbonyl (C=O) groups is 1. The van der Waals surface area contributed by atoms with Crippen molar-refractivity contribution in [1.29, 1.82) is 0 Å². The number of amides is 1. The van der Waals surface area contributed by atoms with Crippen LogP contribution < -0.4 is 0 Å². The van der Waals surface area contributed by atoms with Crippen molar-refractivity contribution in [3.8, 4) is 0 Å². The fourth-order valence-corrected chi connectivity index (χ4v) is 3.62. The molecule has 1 aliphatic heterocycles. The Hall–Kier alpha value is -0.990. The Morgan fingerprint density at radius 2 is 2.09 bits per heavy atom. The van der Waals surface area contributed by atoms with Gasteiger partial charge in [0, 0.05) is 44.4 Å². The van der Waals surface area contributed by atoms with Gasteiger partial charge in [0.25, 0.3) is 0 Å². The molecule has 2 heterocycles. The Morgan fingerprint density at radius 3 is 2.68 bits per heavy atom. The smallest absolute Gasteiger partial charge is 0.240 e. The van der Waals surface area contributed by atoms with Gasteiger partial charge in [-0.2, -0.15) is 0 Å². The monoisotopic (exact) mass is 345 g/mol. The number of thiazole rings is 1. The third kappa shape index (κ3) is 4.50. The van der Waals surface area contributed by atoms with E-state index in [-0.39, 0.29) is 5.91 Å². The van der Waals surface area contributed by atoms with E-state index >= 15 is 0 Å². The second-order valence-corrected chi connectivity index (χ2v) is 9.21. The van der Waals surface area contributed by atoms with Crippen LogP contribution >= 0.6 is 11.3 Å². The highest BCUT2D eigenvalue weighted by Gasteiger charge is 2.29. The first-order valence-corrected chi connectivity index (χ1v) is 10.2. The molecule has 0 N–H and O–H groups in total. The zero-order chi connectivity index (χ0) is 16.3. The summed E-state index contributed by atoms with van der Waals surface area (Å²) in [4.78, 5) is 20.7. The minimum absolute atomic E-state index is 0.283. The molecular formula is C14H23N3O3S2. The standard InChI is InChI=1S/C14H23N3O3S2/c1-11(22(3,19)20)14(18)17-6-4-5-16(7-8-17)9-13-10-21-12(2)15-13/h10-11H,4-9H2,1-3H3/t11-/m1/s1. The predicted molar refractivity (Wildman–Crippen MR) is 87.6 cm³/mol. The molecular weight excluding hydrogens is 322 g/mol. The largest absolute Gasteiger partial charge is 0.340 e. The summed E-state index contributed by atoms with van der Waals surface area (Å²) >= 11 is 1.64. The summed E-state index contributed by atoms with van der Waals surface area (Å²) < 4.78 is 23.1. The molecule has 0 aliphatic carbocycles. The highest BCUT2D eigenvalue weighted by molar-refractivity contribution is 7.92. The Kier molecular flexibility index (Phi) is 5.57. The van der Waals surface area contributed by atoms with E-state index in [1.807, 2.05) is 6.92 Å². The summed E-state index contributed by atoms with van der Waals surface area (Å²) in [6.45, 7) is 7.08. The van der Waals surface area contributed by atoms with Gasteiger partial charge in [-0.3, -0.25) is 9.69 Å². The number of rotatable bonds is 4. The van der Waals surface area contributed by atoms with Crippen LogP contribution in [-0.4, -0.2) is 66.8 Å². The topological polar surface area (TPSA) is 70.6 Å². The number of aryl methyl sites for hydroxylation is 1. The number of sulfone groups is 1. The van der Waals surface area contributed by atoms with Crippen LogP contribution in [-0.2, 0) is 21.2 Å². The van der Waals surface area contributed by atoms with Crippen molar-refractivity contribution in [2.24, 2.45) is 0 Å². The van der Waals surface area contributed by atoms with Crippen molar-refractivity contribution in [2.45, 2.75) is 32.1 Å². The van der Waals surface area contributed by atoms with Gasteiger partial charge in [-0.05, 0) is 20.3 Å². The van der Waals surface area contributed by atoms with Gasteiger partial charge in [-0.1, -0.05) is 0 Å². The highest BCUT2D eigenvalue weighted by atomic mass is 32.2. The molecule has 2 rings (SSSR count). The molecule has 0 radical (unpaired) electrons. The van der Waals surface area contributed by atoms with Crippen LogP contribution in [0.1, 0.15) is 24.0 Å². The summed E-state index contributed by atoms with van der Waals surface area (Å²) in [6, 6.07) is 0. The fraction of sp³-hybridized carbons (Fsp3) is 0.714. The van der Waals surface area contributed by atoms with Gasteiger partial charge < -0.3 is 4.90 Å². The summed E-state index contributed by atoms with van der Waals surface area (Å²) in [7, 11) is -3.34. The summed E-state index contributed by atoms with van der Waals surface area (Å²) in [5.41, 5.74) is 1.06. The van der Waals surface area contributed by atoms with Gasteiger partial charge in [0.15, 0.2) is 9.84 Å². The number of aromatic nitrogens is 1. The second-order valence-electron chi connectivity index (χ2n) is 5.78. The molecule has 1 amide bonds. The van der Waals surface area contributed by atoms with E-state index in [2.05, 4.69) is 15.3 Å². The zero-order valence-corrected chi connectivity index (χ0v) is 14.9. The van der Waals surface area contributed by atoms with Crippen LogP contribution in [0, 0.1) is 6.92 Å². The first-order valence-electron chi connectivity index (χ1n) is 7.38. The van der Waals surface area contributed by atoms with Crippen molar-refractivity contribution in [1.82, 2.24) is 14.8 Å². The molecule has 124 valence electrons. The van der Waals surface area contributed by atoms with Crippen LogP contribution in [0.3, 0.4) is 0 Å². The minimum atomic E-state index is -3.34. The second kappa shape index (κ2) is 7.06. The molecule has 0 spiro atoms. The maximum absolute atomic E-state index is 12.3. The van der Waals surface area contributed by atoms with Crippen LogP contribution in [0.2, 0.25) is 0 Å². The predicted octanol–water partition coefficient (Wildman–Crippen LogP) is 0.919. The van der Waals surface area contributed by atoms with Gasteiger partial charge >= 0.3 is 0 Å². The summed E-state index contributed by atoms with van der Waals surface area (Å²) in [5.74, 6) is -0.283. The van der Waals surface area contributed by atoms with Gasteiger partial charge in [-0.15, -0.1) is 11.3 Å². The molecule has 6 nitrogen and oxygen atoms in total. The number of nitrogens with zero attached hydrogens (tertiary/aromatic N) is 3. The lowest BCUT2D eigenvalue weighted by Gasteiger charge is -2.23. The Morgan fingerprint density at radius 1 is 1.36 bits per heavy atom. The molecule has 1 atom stereocenters. The average molecular weight is 345 g/mol. The van der Waals surface area contributed by atoms with Crippen molar-refractivity contribution < 1.29 is 13.2 Å². The number of hydrogen-bond acceptors (Lipinski definition) is 6. The Balaban J connectivity index is 1.93. The van der Waals surface area contributed by atoms with E-state index < -0.39 is 15.1 Å². The lowest BCUT2D eigenvalue weighted by Crippen LogP contribution is -2.43. The van der Waals surface area contributed by atoms with E-state index in [9.17, 15) is 13.2 Å². The average Bonchev–Trinajstić information content (AvgIpc) is 2.71. The van der Waals surface area contributed by atoms with Crippen molar-refractivity contribution in [3.05, 3.63) is 16.1 Å². The molecule has 1 fully saturated rings. The van der Waals surface area contributed by atoms with Gasteiger partial charge in [0.05, 0.1) is 10.7 Å². The Labute approximate surface area is 136 Å². The molecule has 0 saturated carbocycles. The van der Waals surface area contributed by atoms with Crippen LogP contribution in [0.15, 0.2) is 5.38 Å². The van der Waals surface area contributed by atoms with E-state index in [1.54, 1.807) is 16.2 Å². The van der Waals surface area contributed by atoms with Crippen molar-refractivity contribution >= 4 is 27.1 Å². The van der Waals surface area contributed by atoms with Crippen LogP contribution in [0.25, 0.3) is 0 Å². The quantitative estimate of drug-likeness (QED) is 0.811. The normalized spacial score (nSPS) is 19.0. The maximum atomic E-state index is 12.3. The van der Waals surface area contributed by atoms with E-state index in [0.717, 1.165) is 43.0 Å². The lowest BCUT2D eigenvalue weighted by molar-refractivity contribution is -0.130. The molecule has 0 unspecified atom stereocenters. The van der Waals surface area contributed by atoms with Crippen molar-refractivity contribution in [3.63, 3.8) is 0 Å². The molecule has 0 bridgehead atoms. The van der Waals surface area contributed by atoms with Gasteiger partial charge in [0.2, 0.25) is 5.91 Å². The summed E-state index contributed by atoms with van der Waals surface area (Å²) in [6.07, 6.45) is 1.97. The highest BCUT2D eigenvalue weighted by Crippen LogP contribution is 2.13. The first kappa shape index (κ1) is 17.4. The summed E-state index contributed by atoms with van der Waals surface area (Å²) in [5, 5.41) is 2.17. The third-order valence-corrected chi connectivity index (χ3v) is 6.25. The van der Waals surface area contributed by atoms with E-state index in [0.29, 0.717) is 13.1 Å². The SMILES string of the molecule is Cc1nc(CN2CCCN(C(=O)[C@@H](C)S(C)(=O)=O)CC2)cs1. The van der Waals surface area contributed by atoms with Crippen LogP contribution in [0.5, 0.6) is 0 Å². The molecule has 1 aliphatic rings. The fourth-order valence-electron chi connectivity index (χ4n) is 2.50. The van der Waals surface area contributed by atoms with Crippen LogP contribution in [0.4, 0.5) is 0 Å². The van der Waals surface area contributed by atoms with Gasteiger partial charge in [-0.25, -0.2) is 13.4 Å². The van der Waals surface area contributed by atoms with Gasteiger partial charge in [0.1, 0.15) is 5.25 Å². The lowest BCUT2D eigenvalue weighted by atomic mass is 10.3. The van der Waals surface area contributed by atoms with E-state index in [4.69, 9.17) is 0 Å². The maximum Gasteiger partial charge on any atom is 0.240 e. The third-order valence-electron chi connectivity index (χ3n) is 3.94. The first-order chi connectivity index (χ1) is 10.3. The van der Waals surface area contributed by atoms with Crippen molar-refractivity contribution in [2.75, 3.05) is 32.4 Å².